The van der Waals surface area contributed by atoms with Crippen LogP contribution in [0.2, 0.25) is 10.0 Å². The molecule has 7 heteroatoms. The van der Waals surface area contributed by atoms with Crippen LogP contribution in [-0.4, -0.2) is 22.1 Å². The van der Waals surface area contributed by atoms with Crippen molar-refractivity contribution in [3.63, 3.8) is 0 Å². The number of nitrogens with one attached hydrogen (secondary N) is 1. The van der Waals surface area contributed by atoms with Gasteiger partial charge in [-0.2, -0.15) is 0 Å². The third kappa shape index (κ3) is 3.86. The van der Waals surface area contributed by atoms with E-state index in [1.807, 2.05) is 37.3 Å². The number of rotatable bonds is 4. The molecule has 28 heavy (non-hydrogen) atoms. The van der Waals surface area contributed by atoms with Crippen LogP contribution in [0.1, 0.15) is 5.69 Å². The fraction of sp³-hybridized carbons (Fsp3) is 0.0952. The van der Waals surface area contributed by atoms with E-state index < -0.39 is 0 Å². The number of methoxy groups -OCH3 is 1. The summed E-state index contributed by atoms with van der Waals surface area (Å²) in [5.74, 6) is 1.91. The zero-order valence-electron chi connectivity index (χ0n) is 15.2. The van der Waals surface area contributed by atoms with Crippen molar-refractivity contribution in [3.05, 3.63) is 70.5 Å². The molecule has 140 valence electrons. The van der Waals surface area contributed by atoms with Gasteiger partial charge in [-0.15, -0.1) is 0 Å². The van der Waals surface area contributed by atoms with Gasteiger partial charge >= 0.3 is 0 Å². The second kappa shape index (κ2) is 7.62. The predicted molar refractivity (Wildman–Crippen MR) is 114 cm³/mol. The molecule has 0 aliphatic carbocycles. The maximum atomic E-state index is 6.14. The van der Waals surface area contributed by atoms with E-state index in [4.69, 9.17) is 32.9 Å². The van der Waals surface area contributed by atoms with Crippen molar-refractivity contribution in [2.24, 2.45) is 0 Å². The Morgan fingerprint density at radius 2 is 1.71 bits per heavy atom. The molecule has 0 saturated heterocycles. The summed E-state index contributed by atoms with van der Waals surface area (Å²) in [5, 5.41) is 5.20. The monoisotopic (exact) mass is 410 g/mol. The third-order valence-corrected chi connectivity index (χ3v) is 4.63. The predicted octanol–water partition coefficient (Wildman–Crippen LogP) is 6.06. The molecular weight excluding hydrogens is 395 g/mol. The van der Waals surface area contributed by atoms with Crippen molar-refractivity contribution in [2.75, 3.05) is 12.4 Å². The Labute approximate surface area is 172 Å². The zero-order valence-corrected chi connectivity index (χ0v) is 16.7. The molecule has 0 aliphatic heterocycles. The number of nitrogens with zero attached hydrogens (tertiary/aromatic N) is 3. The first-order valence-electron chi connectivity index (χ1n) is 8.54. The van der Waals surface area contributed by atoms with Crippen LogP contribution in [0.25, 0.3) is 22.3 Å². The van der Waals surface area contributed by atoms with Gasteiger partial charge in [-0.3, -0.25) is 4.98 Å². The molecule has 0 amide bonds. The van der Waals surface area contributed by atoms with Gasteiger partial charge in [0.2, 0.25) is 0 Å². The lowest BCUT2D eigenvalue weighted by molar-refractivity contribution is 0.415. The number of pyridine rings is 1. The van der Waals surface area contributed by atoms with E-state index in [-0.39, 0.29) is 0 Å². The van der Waals surface area contributed by atoms with Crippen LogP contribution in [0, 0.1) is 6.92 Å². The fourth-order valence-electron chi connectivity index (χ4n) is 2.82. The molecule has 1 N–H and O–H groups in total. The van der Waals surface area contributed by atoms with Crippen molar-refractivity contribution in [1.29, 1.82) is 0 Å². The summed E-state index contributed by atoms with van der Waals surface area (Å²) >= 11 is 12.3. The van der Waals surface area contributed by atoms with Crippen molar-refractivity contribution in [2.45, 2.75) is 6.92 Å². The third-order valence-electron chi connectivity index (χ3n) is 4.20. The molecule has 0 atom stereocenters. The molecule has 4 aromatic rings. The molecule has 2 heterocycles. The van der Waals surface area contributed by atoms with E-state index in [0.29, 0.717) is 27.4 Å². The van der Waals surface area contributed by atoms with Gasteiger partial charge in [-0.1, -0.05) is 23.2 Å². The minimum Gasteiger partial charge on any atom is -0.497 e. The number of halogens is 2. The van der Waals surface area contributed by atoms with E-state index in [9.17, 15) is 0 Å². The minimum atomic E-state index is 0.536. The Hall–Kier alpha value is -2.89. The number of ether oxygens (including phenoxy) is 1. The van der Waals surface area contributed by atoms with Crippen LogP contribution in [0.3, 0.4) is 0 Å². The molecular formula is C21H16Cl2N4O. The van der Waals surface area contributed by atoms with Gasteiger partial charge in [-0.05, 0) is 55.5 Å². The highest BCUT2D eigenvalue weighted by Crippen LogP contribution is 2.31. The largest absolute Gasteiger partial charge is 0.497 e. The average molecular weight is 411 g/mol. The normalized spacial score (nSPS) is 10.9. The SMILES string of the molecule is COc1ccc2nc(-c3ccc(C)nc3)nc(Nc3cc(Cl)cc(Cl)c3)c2c1. The van der Waals surface area contributed by atoms with Gasteiger partial charge in [0.25, 0.3) is 0 Å². The summed E-state index contributed by atoms with van der Waals surface area (Å²) in [6.45, 7) is 1.94. The molecule has 5 nitrogen and oxygen atoms in total. The summed E-state index contributed by atoms with van der Waals surface area (Å²) in [6.07, 6.45) is 1.76. The van der Waals surface area contributed by atoms with Crippen LogP contribution < -0.4 is 10.1 Å². The Morgan fingerprint density at radius 1 is 0.929 bits per heavy atom. The summed E-state index contributed by atoms with van der Waals surface area (Å²) in [5.41, 5.74) is 3.27. The molecule has 0 saturated carbocycles. The topological polar surface area (TPSA) is 59.9 Å². The molecule has 0 radical (unpaired) electrons. The van der Waals surface area contributed by atoms with Crippen LogP contribution in [0.4, 0.5) is 11.5 Å². The summed E-state index contributed by atoms with van der Waals surface area (Å²) in [4.78, 5) is 13.8. The number of fused-ring (bicyclic) bond motifs is 1. The number of anilines is 2. The first kappa shape index (κ1) is 18.5. The highest BCUT2D eigenvalue weighted by molar-refractivity contribution is 6.35. The standard InChI is InChI=1S/C21H16Cl2N4O/c1-12-3-4-13(11-24-12)20-26-19-6-5-17(28-2)10-18(19)21(27-20)25-16-8-14(22)7-15(23)9-16/h3-11H,1-2H3,(H,25,26,27). The number of hydrogen-bond donors (Lipinski definition) is 1. The van der Waals surface area contributed by atoms with E-state index >= 15 is 0 Å². The van der Waals surface area contributed by atoms with E-state index in [1.165, 1.54) is 0 Å². The zero-order chi connectivity index (χ0) is 19.7. The maximum Gasteiger partial charge on any atom is 0.163 e. The van der Waals surface area contributed by atoms with Crippen molar-refractivity contribution >= 4 is 45.6 Å². The van der Waals surface area contributed by atoms with Gasteiger partial charge in [0, 0.05) is 38.6 Å². The smallest absolute Gasteiger partial charge is 0.163 e. The Morgan fingerprint density at radius 3 is 2.39 bits per heavy atom. The lowest BCUT2D eigenvalue weighted by Gasteiger charge is -2.12. The van der Waals surface area contributed by atoms with Gasteiger partial charge < -0.3 is 10.1 Å². The summed E-state index contributed by atoms with van der Waals surface area (Å²) < 4.78 is 5.36. The summed E-state index contributed by atoms with van der Waals surface area (Å²) in [7, 11) is 1.62. The Bertz CT molecular complexity index is 1140. The highest BCUT2D eigenvalue weighted by atomic mass is 35.5. The van der Waals surface area contributed by atoms with Crippen molar-refractivity contribution in [3.8, 4) is 17.1 Å². The van der Waals surface area contributed by atoms with E-state index in [1.54, 1.807) is 31.5 Å². The lowest BCUT2D eigenvalue weighted by atomic mass is 10.2. The Balaban J connectivity index is 1.88. The molecule has 2 aromatic carbocycles. The van der Waals surface area contributed by atoms with Gasteiger partial charge in [0.1, 0.15) is 11.6 Å². The molecule has 0 aliphatic rings. The van der Waals surface area contributed by atoms with Crippen LogP contribution in [0.15, 0.2) is 54.7 Å². The second-order valence-electron chi connectivity index (χ2n) is 6.25. The molecule has 0 unspecified atom stereocenters. The number of benzene rings is 2. The first-order valence-corrected chi connectivity index (χ1v) is 9.29. The van der Waals surface area contributed by atoms with E-state index in [0.717, 1.165) is 27.8 Å². The second-order valence-corrected chi connectivity index (χ2v) is 7.12. The molecule has 4 rings (SSSR count). The number of hydrogen-bond acceptors (Lipinski definition) is 5. The molecule has 0 fully saturated rings. The minimum absolute atomic E-state index is 0.536. The Kier molecular flexibility index (Phi) is 5.03. The molecule has 0 spiro atoms. The number of aryl methyl sites for hydroxylation is 1. The fourth-order valence-corrected chi connectivity index (χ4v) is 3.35. The average Bonchev–Trinajstić information content (AvgIpc) is 2.67. The summed E-state index contributed by atoms with van der Waals surface area (Å²) in [6, 6.07) is 14.8. The van der Waals surface area contributed by atoms with Crippen LogP contribution in [0.5, 0.6) is 5.75 Å². The quantitative estimate of drug-likeness (QED) is 0.442. The van der Waals surface area contributed by atoms with Gasteiger partial charge in [0.15, 0.2) is 5.82 Å². The van der Waals surface area contributed by atoms with Gasteiger partial charge in [-0.25, -0.2) is 9.97 Å². The maximum absolute atomic E-state index is 6.14. The molecule has 2 aromatic heterocycles. The lowest BCUT2D eigenvalue weighted by Crippen LogP contribution is -2.00. The number of aromatic nitrogens is 3. The van der Waals surface area contributed by atoms with Gasteiger partial charge in [0.05, 0.1) is 12.6 Å². The highest BCUT2D eigenvalue weighted by Gasteiger charge is 2.12. The van der Waals surface area contributed by atoms with Crippen molar-refractivity contribution < 1.29 is 4.74 Å². The van der Waals surface area contributed by atoms with E-state index in [2.05, 4.69) is 15.3 Å². The van der Waals surface area contributed by atoms with Crippen molar-refractivity contribution in [1.82, 2.24) is 15.0 Å². The first-order chi connectivity index (χ1) is 13.5. The van der Waals surface area contributed by atoms with Crippen LogP contribution >= 0.6 is 23.2 Å². The molecule has 0 bridgehead atoms. The van der Waals surface area contributed by atoms with Crippen LogP contribution in [-0.2, 0) is 0 Å².